The number of rotatable bonds is 9. The Kier molecular flexibility index (Phi) is 6.56. The van der Waals surface area contributed by atoms with Crippen molar-refractivity contribution in [3.63, 3.8) is 0 Å². The minimum absolute atomic E-state index is 0.0234. The minimum Gasteiger partial charge on any atom is -0.456 e. The van der Waals surface area contributed by atoms with Gasteiger partial charge >= 0.3 is 0 Å². The molecule has 0 aliphatic heterocycles. The smallest absolute Gasteiger partial charge is 0.249 e. The molecule has 5 aromatic rings. The van der Waals surface area contributed by atoms with E-state index in [9.17, 15) is 18.0 Å². The van der Waals surface area contributed by atoms with Crippen LogP contribution in [0.1, 0.15) is 27.0 Å². The van der Waals surface area contributed by atoms with Crippen LogP contribution in [0.15, 0.2) is 94.5 Å². The number of hydrogen-bond donors (Lipinski definition) is 2. The van der Waals surface area contributed by atoms with Gasteiger partial charge in [0.05, 0.1) is 11.4 Å². The van der Waals surface area contributed by atoms with Gasteiger partial charge in [-0.25, -0.2) is 13.1 Å². The Balaban J connectivity index is 1.36. The maximum Gasteiger partial charge on any atom is 0.249 e. The lowest BCUT2D eigenvalue weighted by Gasteiger charge is -2.13. The molecule has 0 aliphatic carbocycles. The van der Waals surface area contributed by atoms with Gasteiger partial charge in [0, 0.05) is 35.2 Å². The molecule has 9 heteroatoms. The molecule has 5 rings (SSSR count). The third-order valence-corrected chi connectivity index (χ3v) is 7.57. The van der Waals surface area contributed by atoms with Crippen molar-refractivity contribution in [2.45, 2.75) is 17.7 Å². The molecular formula is C28H23N3O5S. The van der Waals surface area contributed by atoms with Gasteiger partial charge in [0.15, 0.2) is 5.78 Å². The van der Waals surface area contributed by atoms with Crippen molar-refractivity contribution in [1.82, 2.24) is 9.71 Å². The van der Waals surface area contributed by atoms with Crippen molar-refractivity contribution in [2.75, 3.05) is 6.54 Å². The summed E-state index contributed by atoms with van der Waals surface area (Å²) in [7, 11) is -3.98. The molecule has 2 heterocycles. The van der Waals surface area contributed by atoms with E-state index in [0.29, 0.717) is 28.5 Å². The summed E-state index contributed by atoms with van der Waals surface area (Å²) in [6.07, 6.45) is 3.65. The summed E-state index contributed by atoms with van der Waals surface area (Å²) in [5, 5.41) is 1.47. The molecule has 186 valence electrons. The molecule has 0 spiro atoms. The van der Waals surface area contributed by atoms with Crippen LogP contribution >= 0.6 is 0 Å². The first kappa shape index (κ1) is 24.4. The van der Waals surface area contributed by atoms with Crippen molar-refractivity contribution < 1.29 is 22.4 Å². The zero-order chi connectivity index (χ0) is 26.0. The van der Waals surface area contributed by atoms with Crippen molar-refractivity contribution in [3.05, 3.63) is 107 Å². The van der Waals surface area contributed by atoms with Gasteiger partial charge in [-0.15, -0.1) is 0 Å². The molecule has 0 unspecified atom stereocenters. The number of primary amides is 1. The third kappa shape index (κ3) is 5.13. The Morgan fingerprint density at radius 1 is 0.892 bits per heavy atom. The molecule has 37 heavy (non-hydrogen) atoms. The molecule has 0 atom stereocenters. The normalized spacial score (nSPS) is 11.7. The van der Waals surface area contributed by atoms with E-state index in [1.165, 1.54) is 12.1 Å². The average Bonchev–Trinajstić information content (AvgIpc) is 3.27. The number of furan rings is 1. The van der Waals surface area contributed by atoms with Crippen molar-refractivity contribution >= 4 is 43.7 Å². The van der Waals surface area contributed by atoms with Crippen LogP contribution in [0, 0.1) is 0 Å². The standard InChI is InChI=1S/C28H23N3O5S/c29-28(33)23-6-3-4-19(14-18-10-12-30-13-11-18)24(23)15-20(32)17-31-37(34,35)21-8-9-27-25(16-21)22-5-1-2-7-26(22)36-27/h1-13,16,31H,14-15,17H2,(H2,29,33). The van der Waals surface area contributed by atoms with E-state index in [2.05, 4.69) is 9.71 Å². The number of fused-ring (bicyclic) bond motifs is 3. The topological polar surface area (TPSA) is 132 Å². The Labute approximate surface area is 213 Å². The number of hydrogen-bond acceptors (Lipinski definition) is 6. The van der Waals surface area contributed by atoms with Crippen molar-refractivity contribution in [2.24, 2.45) is 5.73 Å². The number of carbonyl (C=O) groups is 2. The van der Waals surface area contributed by atoms with Gasteiger partial charge < -0.3 is 10.2 Å². The van der Waals surface area contributed by atoms with E-state index in [1.54, 1.807) is 30.6 Å². The first-order valence-corrected chi connectivity index (χ1v) is 13.0. The van der Waals surface area contributed by atoms with Crippen LogP contribution in [0.4, 0.5) is 0 Å². The van der Waals surface area contributed by atoms with Gasteiger partial charge in [-0.3, -0.25) is 14.6 Å². The molecule has 0 radical (unpaired) electrons. The fourth-order valence-corrected chi connectivity index (χ4v) is 5.39. The van der Waals surface area contributed by atoms with Crippen LogP contribution in [-0.2, 0) is 27.7 Å². The van der Waals surface area contributed by atoms with Crippen LogP contribution < -0.4 is 10.5 Å². The van der Waals surface area contributed by atoms with E-state index >= 15 is 0 Å². The Morgan fingerprint density at radius 3 is 2.43 bits per heavy atom. The SMILES string of the molecule is NC(=O)c1cccc(Cc2ccncc2)c1CC(=O)CNS(=O)(=O)c1ccc2oc3ccccc3c2c1. The Hall–Kier alpha value is -4.34. The molecule has 0 fully saturated rings. The number of aromatic nitrogens is 1. The molecule has 2 aromatic heterocycles. The van der Waals surface area contributed by atoms with Crippen LogP contribution in [0.3, 0.4) is 0 Å². The zero-order valence-corrected chi connectivity index (χ0v) is 20.5. The molecule has 8 nitrogen and oxygen atoms in total. The number of benzene rings is 3. The number of nitrogens with two attached hydrogens (primary N) is 1. The number of sulfonamides is 1. The summed E-state index contributed by atoms with van der Waals surface area (Å²) in [6, 6.07) is 20.7. The average molecular weight is 514 g/mol. The van der Waals surface area contributed by atoms with Gasteiger partial charge in [-0.05, 0) is 65.6 Å². The number of carbonyl (C=O) groups excluding carboxylic acids is 2. The maximum atomic E-state index is 13.0. The number of Topliss-reactive ketones (excluding diaryl/α,β-unsaturated/α-hetero) is 1. The lowest BCUT2D eigenvalue weighted by molar-refractivity contribution is -0.117. The Bertz CT molecular complexity index is 1740. The number of pyridine rings is 1. The lowest BCUT2D eigenvalue weighted by atomic mass is 9.92. The number of nitrogens with zero attached hydrogens (tertiary/aromatic N) is 1. The lowest BCUT2D eigenvalue weighted by Crippen LogP contribution is -2.31. The summed E-state index contributed by atoms with van der Waals surface area (Å²) < 4.78 is 34.1. The van der Waals surface area contributed by atoms with Crippen molar-refractivity contribution in [1.29, 1.82) is 0 Å². The monoisotopic (exact) mass is 513 g/mol. The highest BCUT2D eigenvalue weighted by Crippen LogP contribution is 2.30. The second kappa shape index (κ2) is 9.96. The molecule has 0 aliphatic rings. The molecule has 1 amide bonds. The van der Waals surface area contributed by atoms with Crippen LogP contribution in [0.25, 0.3) is 21.9 Å². The van der Waals surface area contributed by atoms with Crippen LogP contribution in [0.2, 0.25) is 0 Å². The fourth-order valence-electron chi connectivity index (χ4n) is 4.35. The predicted octanol–water partition coefficient (Wildman–Crippen LogP) is 3.76. The maximum absolute atomic E-state index is 13.0. The van der Waals surface area contributed by atoms with E-state index < -0.39 is 28.3 Å². The minimum atomic E-state index is -3.98. The molecule has 0 bridgehead atoms. The van der Waals surface area contributed by atoms with E-state index in [4.69, 9.17) is 10.2 Å². The predicted molar refractivity (Wildman–Crippen MR) is 140 cm³/mol. The van der Waals surface area contributed by atoms with E-state index in [0.717, 1.165) is 16.5 Å². The van der Waals surface area contributed by atoms with Crippen molar-refractivity contribution in [3.8, 4) is 0 Å². The zero-order valence-electron chi connectivity index (χ0n) is 19.7. The summed E-state index contributed by atoms with van der Waals surface area (Å²) in [4.78, 5) is 29.0. The second-order valence-corrected chi connectivity index (χ2v) is 10.4. The fraction of sp³-hybridized carbons (Fsp3) is 0.107. The summed E-state index contributed by atoms with van der Waals surface area (Å²) >= 11 is 0. The summed E-state index contributed by atoms with van der Waals surface area (Å²) in [6.45, 7) is -0.436. The molecule has 0 saturated heterocycles. The van der Waals surface area contributed by atoms with E-state index in [-0.39, 0.29) is 16.9 Å². The third-order valence-electron chi connectivity index (χ3n) is 6.17. The van der Waals surface area contributed by atoms with Crippen LogP contribution in [-0.4, -0.2) is 31.6 Å². The molecule has 3 N–H and O–H groups in total. The summed E-state index contributed by atoms with van der Waals surface area (Å²) in [5.74, 6) is -1.05. The quantitative estimate of drug-likeness (QED) is 0.308. The van der Waals surface area contributed by atoms with Gasteiger partial charge in [0.2, 0.25) is 15.9 Å². The summed E-state index contributed by atoms with van der Waals surface area (Å²) in [5.41, 5.74) is 9.23. The van der Waals surface area contributed by atoms with Gasteiger partial charge in [0.25, 0.3) is 0 Å². The van der Waals surface area contributed by atoms with Gasteiger partial charge in [-0.2, -0.15) is 0 Å². The second-order valence-electron chi connectivity index (χ2n) is 8.64. The largest absolute Gasteiger partial charge is 0.456 e. The van der Waals surface area contributed by atoms with Crippen LogP contribution in [0.5, 0.6) is 0 Å². The highest BCUT2D eigenvalue weighted by molar-refractivity contribution is 7.89. The number of ketones is 1. The number of para-hydroxylation sites is 1. The number of amides is 1. The first-order valence-electron chi connectivity index (χ1n) is 11.5. The van der Waals surface area contributed by atoms with E-state index in [1.807, 2.05) is 42.5 Å². The number of nitrogens with one attached hydrogen (secondary N) is 1. The molecule has 0 saturated carbocycles. The van der Waals surface area contributed by atoms with Gasteiger partial charge in [0.1, 0.15) is 11.2 Å². The van der Waals surface area contributed by atoms with Gasteiger partial charge in [-0.1, -0.05) is 30.3 Å². The first-order chi connectivity index (χ1) is 17.8. The molecule has 3 aromatic carbocycles. The highest BCUT2D eigenvalue weighted by Gasteiger charge is 2.20. The highest BCUT2D eigenvalue weighted by atomic mass is 32.2. The molecular weight excluding hydrogens is 490 g/mol. The Morgan fingerprint density at radius 2 is 1.65 bits per heavy atom.